The van der Waals surface area contributed by atoms with Gasteiger partial charge in [0.2, 0.25) is 0 Å². The lowest BCUT2D eigenvalue weighted by Crippen LogP contribution is -2.25. The minimum Gasteiger partial charge on any atom is -0.455 e. The lowest BCUT2D eigenvalue weighted by atomic mass is 10.2. The average molecular weight is 388 g/mol. The van der Waals surface area contributed by atoms with E-state index in [9.17, 15) is 4.79 Å². The van der Waals surface area contributed by atoms with Gasteiger partial charge in [-0.25, -0.2) is 5.43 Å². The van der Waals surface area contributed by atoms with E-state index in [1.807, 2.05) is 30.3 Å². The van der Waals surface area contributed by atoms with E-state index in [0.29, 0.717) is 27.1 Å². The predicted molar refractivity (Wildman–Crippen MR) is 105 cm³/mol. The Morgan fingerprint density at radius 1 is 1.08 bits per heavy atom. The van der Waals surface area contributed by atoms with Crippen LogP contribution in [0.2, 0.25) is 10.0 Å². The molecule has 0 bridgehead atoms. The average Bonchev–Trinajstić information content (AvgIpc) is 3.11. The summed E-state index contributed by atoms with van der Waals surface area (Å²) in [5.74, 6) is 0.776. The number of benzene rings is 2. The van der Waals surface area contributed by atoms with Crippen molar-refractivity contribution in [2.24, 2.45) is 5.10 Å². The van der Waals surface area contributed by atoms with Crippen LogP contribution in [-0.4, -0.2) is 18.7 Å². The van der Waals surface area contributed by atoms with Crippen molar-refractivity contribution in [3.8, 4) is 11.3 Å². The highest BCUT2D eigenvalue weighted by Gasteiger charge is 2.09. The first-order valence-electron chi connectivity index (χ1n) is 7.78. The Labute approximate surface area is 160 Å². The molecule has 0 saturated heterocycles. The number of carbonyl (C=O) groups is 1. The van der Waals surface area contributed by atoms with Crippen molar-refractivity contribution < 1.29 is 9.21 Å². The van der Waals surface area contributed by atoms with Crippen LogP contribution in [0, 0.1) is 0 Å². The molecular formula is C19H15Cl2N3O2. The van der Waals surface area contributed by atoms with Crippen LogP contribution in [0.15, 0.2) is 70.2 Å². The van der Waals surface area contributed by atoms with E-state index in [1.165, 1.54) is 6.21 Å². The summed E-state index contributed by atoms with van der Waals surface area (Å²) < 4.78 is 5.66. The number of hydrogen-bond acceptors (Lipinski definition) is 4. The SMILES string of the molecule is O=C(CNc1ccccc1)N/N=C\c1ccc(-c2cc(Cl)ccc2Cl)o1. The van der Waals surface area contributed by atoms with Gasteiger partial charge in [-0.15, -0.1) is 0 Å². The Hall–Kier alpha value is -2.76. The highest BCUT2D eigenvalue weighted by molar-refractivity contribution is 6.35. The summed E-state index contributed by atoms with van der Waals surface area (Å²) in [6.45, 7) is 0.114. The van der Waals surface area contributed by atoms with Crippen molar-refractivity contribution in [1.82, 2.24) is 5.43 Å². The normalized spacial score (nSPS) is 10.8. The van der Waals surface area contributed by atoms with E-state index in [0.717, 1.165) is 5.69 Å². The Morgan fingerprint density at radius 2 is 1.88 bits per heavy atom. The number of hydrogen-bond donors (Lipinski definition) is 2. The molecular weight excluding hydrogens is 373 g/mol. The molecule has 132 valence electrons. The summed E-state index contributed by atoms with van der Waals surface area (Å²) in [5, 5.41) is 7.98. The molecule has 0 spiro atoms. The van der Waals surface area contributed by atoms with E-state index in [4.69, 9.17) is 27.6 Å². The molecule has 0 aliphatic heterocycles. The second kappa shape index (κ2) is 8.56. The van der Waals surface area contributed by atoms with Gasteiger partial charge in [0.15, 0.2) is 0 Å². The smallest absolute Gasteiger partial charge is 0.259 e. The summed E-state index contributed by atoms with van der Waals surface area (Å²) in [6.07, 6.45) is 1.42. The topological polar surface area (TPSA) is 66.6 Å². The Kier molecular flexibility index (Phi) is 5.94. The van der Waals surface area contributed by atoms with Crippen LogP contribution in [0.25, 0.3) is 11.3 Å². The van der Waals surface area contributed by atoms with Gasteiger partial charge in [0, 0.05) is 16.3 Å². The summed E-state index contributed by atoms with van der Waals surface area (Å²) in [6, 6.07) is 18.1. The lowest BCUT2D eigenvalue weighted by molar-refractivity contribution is -0.119. The number of hydrazone groups is 1. The van der Waals surface area contributed by atoms with Gasteiger partial charge in [-0.05, 0) is 42.5 Å². The number of anilines is 1. The second-order valence-electron chi connectivity index (χ2n) is 5.34. The number of para-hydroxylation sites is 1. The zero-order valence-electron chi connectivity index (χ0n) is 13.6. The van der Waals surface area contributed by atoms with Crippen LogP contribution < -0.4 is 10.7 Å². The van der Waals surface area contributed by atoms with E-state index in [2.05, 4.69) is 15.8 Å². The molecule has 1 amide bonds. The van der Waals surface area contributed by atoms with Crippen molar-refractivity contribution in [3.05, 3.63) is 76.5 Å². The number of amides is 1. The third-order valence-electron chi connectivity index (χ3n) is 3.43. The monoisotopic (exact) mass is 387 g/mol. The molecule has 0 aliphatic rings. The lowest BCUT2D eigenvalue weighted by Gasteiger charge is -2.04. The van der Waals surface area contributed by atoms with Gasteiger partial charge >= 0.3 is 0 Å². The Balaban J connectivity index is 1.55. The summed E-state index contributed by atoms with van der Waals surface area (Å²) in [5.41, 5.74) is 3.98. The quantitative estimate of drug-likeness (QED) is 0.470. The molecule has 0 radical (unpaired) electrons. The first-order valence-corrected chi connectivity index (χ1v) is 8.53. The first-order chi connectivity index (χ1) is 12.6. The Bertz CT molecular complexity index is 924. The van der Waals surface area contributed by atoms with E-state index >= 15 is 0 Å². The number of furan rings is 1. The molecule has 3 aromatic rings. The van der Waals surface area contributed by atoms with Gasteiger partial charge in [0.1, 0.15) is 11.5 Å². The molecule has 3 rings (SSSR count). The molecule has 0 atom stereocenters. The molecule has 1 heterocycles. The summed E-state index contributed by atoms with van der Waals surface area (Å²) in [4.78, 5) is 11.8. The maximum atomic E-state index is 11.8. The highest BCUT2D eigenvalue weighted by Crippen LogP contribution is 2.31. The fraction of sp³-hybridized carbons (Fsp3) is 0.0526. The van der Waals surface area contributed by atoms with Gasteiger partial charge in [0.05, 0.1) is 17.8 Å². The van der Waals surface area contributed by atoms with Crippen LogP contribution >= 0.6 is 23.2 Å². The number of halogens is 2. The molecule has 0 fully saturated rings. The first kappa shape index (κ1) is 18.0. The fourth-order valence-electron chi connectivity index (χ4n) is 2.20. The number of nitrogens with zero attached hydrogens (tertiary/aromatic N) is 1. The van der Waals surface area contributed by atoms with E-state index in [1.54, 1.807) is 30.3 Å². The molecule has 26 heavy (non-hydrogen) atoms. The largest absolute Gasteiger partial charge is 0.455 e. The zero-order chi connectivity index (χ0) is 18.4. The molecule has 0 unspecified atom stereocenters. The van der Waals surface area contributed by atoms with Crippen molar-refractivity contribution >= 4 is 41.0 Å². The molecule has 1 aromatic heterocycles. The molecule has 5 nitrogen and oxygen atoms in total. The molecule has 0 aliphatic carbocycles. The molecule has 7 heteroatoms. The van der Waals surface area contributed by atoms with Crippen molar-refractivity contribution in [3.63, 3.8) is 0 Å². The standard InChI is InChI=1S/C19H15Cl2N3O2/c20-13-6-8-17(21)16(10-13)18-9-7-15(26-18)11-23-24-19(25)12-22-14-4-2-1-3-5-14/h1-11,22H,12H2,(H,24,25)/b23-11-. The predicted octanol–water partition coefficient (Wildman–Crippen LogP) is 4.82. The van der Waals surface area contributed by atoms with Crippen LogP contribution in [0.5, 0.6) is 0 Å². The number of rotatable bonds is 6. The molecule has 0 saturated carbocycles. The van der Waals surface area contributed by atoms with E-state index < -0.39 is 0 Å². The van der Waals surface area contributed by atoms with Crippen molar-refractivity contribution in [2.75, 3.05) is 11.9 Å². The second-order valence-corrected chi connectivity index (χ2v) is 6.18. The van der Waals surface area contributed by atoms with Gasteiger partial charge in [-0.1, -0.05) is 41.4 Å². The summed E-state index contributed by atoms with van der Waals surface area (Å²) >= 11 is 12.1. The maximum absolute atomic E-state index is 11.8. The van der Waals surface area contributed by atoms with Crippen molar-refractivity contribution in [2.45, 2.75) is 0 Å². The molecule has 2 N–H and O–H groups in total. The minimum atomic E-state index is -0.269. The minimum absolute atomic E-state index is 0.114. The van der Waals surface area contributed by atoms with Crippen molar-refractivity contribution in [1.29, 1.82) is 0 Å². The Morgan fingerprint density at radius 3 is 2.69 bits per heavy atom. The third-order valence-corrected chi connectivity index (χ3v) is 3.99. The fourth-order valence-corrected chi connectivity index (χ4v) is 2.58. The van der Waals surface area contributed by atoms with E-state index in [-0.39, 0.29) is 12.5 Å². The molecule has 2 aromatic carbocycles. The van der Waals surface area contributed by atoms with Crippen LogP contribution in [0.3, 0.4) is 0 Å². The number of nitrogens with one attached hydrogen (secondary N) is 2. The maximum Gasteiger partial charge on any atom is 0.259 e. The van der Waals surface area contributed by atoms with Gasteiger partial charge in [0.25, 0.3) is 5.91 Å². The van der Waals surface area contributed by atoms with Crippen LogP contribution in [0.1, 0.15) is 5.76 Å². The van der Waals surface area contributed by atoms with Crippen LogP contribution in [0.4, 0.5) is 5.69 Å². The summed E-state index contributed by atoms with van der Waals surface area (Å²) in [7, 11) is 0. The van der Waals surface area contributed by atoms with Gasteiger partial charge < -0.3 is 9.73 Å². The van der Waals surface area contributed by atoms with Crippen LogP contribution in [-0.2, 0) is 4.79 Å². The highest BCUT2D eigenvalue weighted by atomic mass is 35.5. The third kappa shape index (κ3) is 4.88. The number of carbonyl (C=O) groups excluding carboxylic acids is 1. The van der Waals surface area contributed by atoms with Gasteiger partial charge in [-0.2, -0.15) is 5.10 Å². The zero-order valence-corrected chi connectivity index (χ0v) is 15.1. The van der Waals surface area contributed by atoms with Gasteiger partial charge in [-0.3, -0.25) is 4.79 Å².